The van der Waals surface area contributed by atoms with Crippen LogP contribution in [-0.4, -0.2) is 35.4 Å². The van der Waals surface area contributed by atoms with Crippen LogP contribution in [0.25, 0.3) is 0 Å². The van der Waals surface area contributed by atoms with E-state index in [0.29, 0.717) is 0 Å². The lowest BCUT2D eigenvalue weighted by Crippen LogP contribution is -2.39. The van der Waals surface area contributed by atoms with Crippen LogP contribution in [0.2, 0.25) is 6.04 Å². The second-order valence-corrected chi connectivity index (χ2v) is 7.78. The number of benzene rings is 1. The first-order valence-corrected chi connectivity index (χ1v) is 9.91. The highest BCUT2D eigenvalue weighted by atomic mass is 28.1. The quantitative estimate of drug-likeness (QED) is 0.331. The predicted octanol–water partition coefficient (Wildman–Crippen LogP) is 3.78. The summed E-state index contributed by atoms with van der Waals surface area (Å²) in [7, 11) is 6.11. The second kappa shape index (κ2) is 10.2. The van der Waals surface area contributed by atoms with Crippen molar-refractivity contribution in [3.63, 3.8) is 0 Å². The molecular formula is C18H34NSi+. The highest BCUT2D eigenvalue weighted by molar-refractivity contribution is 6.08. The van der Waals surface area contributed by atoms with E-state index in [2.05, 4.69) is 44.4 Å². The maximum absolute atomic E-state index is 2.36. The largest absolute Gasteiger partial charge is 0.325 e. The molecule has 0 N–H and O–H groups in total. The Hall–Kier alpha value is -0.603. The summed E-state index contributed by atoms with van der Waals surface area (Å²) in [4.78, 5) is 0. The number of hydrogen-bond acceptors (Lipinski definition) is 0. The van der Waals surface area contributed by atoms with Crippen molar-refractivity contribution in [3.8, 4) is 0 Å². The summed E-state index contributed by atoms with van der Waals surface area (Å²) in [5.41, 5.74) is 1.46. The lowest BCUT2D eigenvalue weighted by Gasteiger charge is -2.30. The van der Waals surface area contributed by atoms with E-state index in [1.807, 2.05) is 0 Å². The predicted molar refractivity (Wildman–Crippen MR) is 94.2 cm³/mol. The summed E-state index contributed by atoms with van der Waals surface area (Å²) in [6.45, 7) is 2.46. The molecule has 2 heteroatoms. The Morgan fingerprint density at radius 3 is 1.95 bits per heavy atom. The van der Waals surface area contributed by atoms with Crippen molar-refractivity contribution in [1.82, 2.24) is 0 Å². The monoisotopic (exact) mass is 292 g/mol. The molecule has 1 rings (SSSR count). The van der Waals surface area contributed by atoms with E-state index in [4.69, 9.17) is 0 Å². The van der Waals surface area contributed by atoms with Crippen LogP contribution in [0.4, 0.5) is 0 Å². The maximum Gasteiger partial charge on any atom is 0.104 e. The molecule has 1 aromatic carbocycles. The van der Waals surface area contributed by atoms with Gasteiger partial charge in [-0.3, -0.25) is 0 Å². The Labute approximate surface area is 129 Å². The average Bonchev–Trinajstić information content (AvgIpc) is 2.42. The topological polar surface area (TPSA) is 0 Å². The molecule has 0 heterocycles. The molecule has 0 saturated carbocycles. The van der Waals surface area contributed by atoms with Gasteiger partial charge in [-0.15, -0.1) is 0 Å². The van der Waals surface area contributed by atoms with Crippen LogP contribution in [0.1, 0.15) is 50.5 Å². The molecule has 1 aromatic rings. The van der Waals surface area contributed by atoms with Crippen molar-refractivity contribution < 1.29 is 4.48 Å². The molecule has 0 saturated heterocycles. The molecule has 0 atom stereocenters. The Bertz CT molecular complexity index is 335. The van der Waals surface area contributed by atoms with E-state index < -0.39 is 0 Å². The molecule has 0 aliphatic rings. The minimum Gasteiger partial charge on any atom is -0.325 e. The molecule has 0 radical (unpaired) electrons. The van der Waals surface area contributed by atoms with Crippen LogP contribution in [0.5, 0.6) is 0 Å². The minimum absolute atomic E-state index is 1.12. The molecule has 0 amide bonds. The molecule has 0 aliphatic heterocycles. The van der Waals surface area contributed by atoms with Crippen molar-refractivity contribution in [2.24, 2.45) is 0 Å². The third kappa shape index (κ3) is 8.54. The summed E-state index contributed by atoms with van der Waals surface area (Å²) >= 11 is 0. The average molecular weight is 293 g/mol. The van der Waals surface area contributed by atoms with Crippen LogP contribution in [0.15, 0.2) is 30.3 Å². The lowest BCUT2D eigenvalue weighted by molar-refractivity contribution is -0.903. The molecule has 0 fully saturated rings. The third-order valence-corrected chi connectivity index (χ3v) is 4.78. The zero-order chi connectivity index (χ0) is 14.7. The molecular weight excluding hydrogens is 258 g/mol. The minimum atomic E-state index is 1.12. The van der Waals surface area contributed by atoms with Gasteiger partial charge < -0.3 is 4.48 Å². The molecule has 0 unspecified atom stereocenters. The second-order valence-electron chi connectivity index (χ2n) is 6.78. The molecule has 0 aromatic heterocycles. The number of rotatable bonds is 11. The zero-order valence-electron chi connectivity index (χ0n) is 13.9. The van der Waals surface area contributed by atoms with Crippen LogP contribution in [0.3, 0.4) is 0 Å². The standard InChI is InChI=1S/C18H34NSi/c1-19(2,17-18-13-9-8-10-14-18)15-11-6-4-3-5-7-12-16-20/h8-10,13-14H,3-7,11-12,15-17H2,1-2,20H3/q+1. The Balaban J connectivity index is 2.08. The third-order valence-electron chi connectivity index (χ3n) is 4.07. The van der Waals surface area contributed by atoms with Gasteiger partial charge in [-0.2, -0.15) is 0 Å². The Morgan fingerprint density at radius 1 is 0.800 bits per heavy atom. The van der Waals surface area contributed by atoms with Gasteiger partial charge in [0.1, 0.15) is 6.54 Å². The van der Waals surface area contributed by atoms with Crippen LogP contribution >= 0.6 is 0 Å². The SMILES string of the molecule is C[N+](C)(CCCCCCCCC[SiH3])Cc1ccccc1. The van der Waals surface area contributed by atoms with Gasteiger partial charge in [-0.25, -0.2) is 0 Å². The van der Waals surface area contributed by atoms with Crippen LogP contribution in [-0.2, 0) is 6.54 Å². The van der Waals surface area contributed by atoms with Crippen molar-refractivity contribution in [2.45, 2.75) is 57.5 Å². The van der Waals surface area contributed by atoms with Crippen LogP contribution < -0.4 is 0 Å². The number of quaternary nitrogens is 1. The first-order chi connectivity index (χ1) is 9.64. The molecule has 114 valence electrons. The lowest BCUT2D eigenvalue weighted by atomic mass is 10.1. The fourth-order valence-corrected chi connectivity index (χ4v) is 3.33. The highest BCUT2D eigenvalue weighted by Crippen LogP contribution is 2.13. The number of unbranched alkanes of at least 4 members (excludes halogenated alkanes) is 6. The zero-order valence-corrected chi connectivity index (χ0v) is 15.9. The highest BCUT2D eigenvalue weighted by Gasteiger charge is 2.14. The van der Waals surface area contributed by atoms with Crippen LogP contribution in [0, 0.1) is 0 Å². The van der Waals surface area contributed by atoms with Gasteiger partial charge in [0.25, 0.3) is 0 Å². The van der Waals surface area contributed by atoms with Gasteiger partial charge in [0.05, 0.1) is 20.6 Å². The van der Waals surface area contributed by atoms with Gasteiger partial charge in [-0.05, 0) is 12.8 Å². The van der Waals surface area contributed by atoms with E-state index >= 15 is 0 Å². The maximum atomic E-state index is 2.36. The van der Waals surface area contributed by atoms with E-state index in [1.54, 1.807) is 0 Å². The first-order valence-electron chi connectivity index (χ1n) is 8.50. The fraction of sp³-hybridized carbons (Fsp3) is 0.667. The van der Waals surface area contributed by atoms with Gasteiger partial charge in [0.2, 0.25) is 0 Å². The molecule has 0 bridgehead atoms. The van der Waals surface area contributed by atoms with Crippen molar-refractivity contribution in [3.05, 3.63) is 35.9 Å². The molecule has 0 aliphatic carbocycles. The molecule has 20 heavy (non-hydrogen) atoms. The summed E-state index contributed by atoms with van der Waals surface area (Å²) in [5, 5.41) is 0. The summed E-state index contributed by atoms with van der Waals surface area (Å²) in [6, 6.07) is 12.4. The molecule has 1 nitrogen and oxygen atoms in total. The van der Waals surface area contributed by atoms with Gasteiger partial charge in [0, 0.05) is 15.8 Å². The van der Waals surface area contributed by atoms with Gasteiger partial charge in [-0.1, -0.05) is 68.5 Å². The van der Waals surface area contributed by atoms with Crippen molar-refractivity contribution >= 4 is 10.2 Å². The van der Waals surface area contributed by atoms with Crippen molar-refractivity contribution in [1.29, 1.82) is 0 Å². The smallest absolute Gasteiger partial charge is 0.104 e. The van der Waals surface area contributed by atoms with E-state index in [1.165, 1.54) is 73.3 Å². The van der Waals surface area contributed by atoms with Gasteiger partial charge in [0.15, 0.2) is 0 Å². The van der Waals surface area contributed by atoms with Crippen molar-refractivity contribution in [2.75, 3.05) is 20.6 Å². The first kappa shape index (κ1) is 17.4. The number of hydrogen-bond donors (Lipinski definition) is 0. The van der Waals surface area contributed by atoms with E-state index in [9.17, 15) is 0 Å². The Morgan fingerprint density at radius 2 is 1.35 bits per heavy atom. The van der Waals surface area contributed by atoms with E-state index in [0.717, 1.165) is 11.0 Å². The van der Waals surface area contributed by atoms with E-state index in [-0.39, 0.29) is 0 Å². The summed E-state index contributed by atoms with van der Waals surface area (Å²) < 4.78 is 1.12. The number of nitrogens with zero attached hydrogens (tertiary/aromatic N) is 1. The summed E-state index contributed by atoms with van der Waals surface area (Å²) in [6.07, 6.45) is 10.1. The van der Waals surface area contributed by atoms with Gasteiger partial charge >= 0.3 is 0 Å². The summed E-state index contributed by atoms with van der Waals surface area (Å²) in [5.74, 6) is 0. The molecule has 0 spiro atoms. The normalized spacial score (nSPS) is 11.9. The fourth-order valence-electron chi connectivity index (χ4n) is 2.83. The Kier molecular flexibility index (Phi) is 8.87.